The average Bonchev–Trinajstić information content (AvgIpc) is 2.68. The Balaban J connectivity index is 0.00000112. The zero-order chi connectivity index (χ0) is 9.80. The number of hydrogen-bond acceptors (Lipinski definition) is 4. The van der Waals surface area contributed by atoms with Crippen molar-refractivity contribution < 1.29 is 9.42 Å². The second-order valence-corrected chi connectivity index (χ2v) is 2.55. The molecule has 0 aliphatic heterocycles. The van der Waals surface area contributed by atoms with Gasteiger partial charge in [0.05, 0.1) is 17.9 Å². The molecule has 0 radical (unpaired) electrons. The zero-order valence-electron chi connectivity index (χ0n) is 7.80. The van der Waals surface area contributed by atoms with Crippen LogP contribution in [0.15, 0.2) is 35.0 Å². The number of anilines is 1. The van der Waals surface area contributed by atoms with Crippen LogP contribution in [0, 0.1) is 0 Å². The van der Waals surface area contributed by atoms with Gasteiger partial charge < -0.3 is 10.1 Å². The van der Waals surface area contributed by atoms with E-state index in [1.165, 1.54) is 6.41 Å². The molecule has 0 fully saturated rings. The molecule has 2 rings (SSSR count). The second-order valence-electron chi connectivity index (χ2n) is 2.55. The second kappa shape index (κ2) is 4.18. The molecule has 0 saturated heterocycles. The first kappa shape index (κ1) is 9.91. The van der Waals surface area contributed by atoms with Gasteiger partial charge in [0.15, 0.2) is 0 Å². The molecule has 2 aromatic rings. The van der Waals surface area contributed by atoms with Gasteiger partial charge in [-0.15, -0.1) is 5.16 Å². The van der Waals surface area contributed by atoms with Crippen LogP contribution in [0.5, 0.6) is 0 Å². The van der Waals surface area contributed by atoms with Gasteiger partial charge in [-0.05, 0) is 5.56 Å². The summed E-state index contributed by atoms with van der Waals surface area (Å²) in [6.07, 6.45) is 1.52. The van der Waals surface area contributed by atoms with Gasteiger partial charge in [0.1, 0.15) is 0 Å². The van der Waals surface area contributed by atoms with E-state index in [1.807, 2.05) is 30.3 Å². The summed E-state index contributed by atoms with van der Waals surface area (Å²) in [6, 6.07) is 9.29. The van der Waals surface area contributed by atoms with Gasteiger partial charge in [-0.1, -0.05) is 35.5 Å². The Hall–Kier alpha value is -3.17. The van der Waals surface area contributed by atoms with E-state index < -0.39 is 0 Å². The predicted octanol–water partition coefficient (Wildman–Crippen LogP) is 1.22. The van der Waals surface area contributed by atoms with Gasteiger partial charge >= 0.3 is 0 Å². The minimum Gasteiger partial charge on any atom is -0.471 e. The number of amides is 1. The third-order valence-corrected chi connectivity index (χ3v) is 1.71. The maximum atomic E-state index is 10.1. The SMILES string of the molecule is O=[C-]Nc1nonc1-c1ccccc1.[Rf]. The molecule has 0 aliphatic carbocycles. The molecule has 0 aliphatic rings. The first-order valence-electron chi connectivity index (χ1n) is 3.93. The maximum Gasteiger partial charge on any atom is 0.0765 e. The summed E-state index contributed by atoms with van der Waals surface area (Å²) in [6.45, 7) is 0. The molecule has 1 heterocycles. The normalized spacial score (nSPS) is 9.07. The Morgan fingerprint density at radius 2 is 1.93 bits per heavy atom. The summed E-state index contributed by atoms with van der Waals surface area (Å²) < 4.78 is 4.51. The fraction of sp³-hybridized carbons (Fsp3) is 0. The molecular weight excluding hydrogens is 449 g/mol. The molecular formula is C9H6N3O2Rf-. The van der Waals surface area contributed by atoms with E-state index in [0.717, 1.165) is 5.56 Å². The monoisotopic (exact) mass is 455 g/mol. The van der Waals surface area contributed by atoms with Gasteiger partial charge in [-0.2, -0.15) is 0 Å². The molecule has 6 heteroatoms. The van der Waals surface area contributed by atoms with Crippen LogP contribution in [-0.4, -0.2) is 16.7 Å². The van der Waals surface area contributed by atoms with Crippen molar-refractivity contribution in [3.05, 3.63) is 30.3 Å². The van der Waals surface area contributed by atoms with Gasteiger partial charge in [-0.3, -0.25) is 4.63 Å². The molecule has 15 heavy (non-hydrogen) atoms. The number of carbonyl (C=O) groups excluding carboxylic acids is 1. The van der Waals surface area contributed by atoms with E-state index in [2.05, 4.69) is 20.3 Å². The summed E-state index contributed by atoms with van der Waals surface area (Å²) in [7, 11) is 0. The standard InChI is InChI=1S/C9H6N3O2.Rf/c13-6-10-9-8(11-14-12-9)7-4-2-1-3-5-7;/h1-5H,(H,10,12,13);/q-1;. The van der Waals surface area contributed by atoms with Gasteiger partial charge in [0.2, 0.25) is 0 Å². The summed E-state index contributed by atoms with van der Waals surface area (Å²) >= 11 is 0. The summed E-state index contributed by atoms with van der Waals surface area (Å²) in [5.74, 6) is 0.270. The molecule has 72 valence electrons. The fourth-order valence-electron chi connectivity index (χ4n) is 1.10. The molecule has 0 saturated carbocycles. The van der Waals surface area contributed by atoms with Gasteiger partial charge in [-0.25, -0.2) is 0 Å². The average molecular weight is 455 g/mol. The van der Waals surface area contributed by atoms with Crippen LogP contribution in [0.4, 0.5) is 5.82 Å². The Morgan fingerprint density at radius 1 is 1.20 bits per heavy atom. The number of benzene rings is 1. The van der Waals surface area contributed by atoms with Crippen LogP contribution in [0.25, 0.3) is 11.3 Å². The van der Waals surface area contributed by atoms with Crippen molar-refractivity contribution >= 4 is 12.2 Å². The molecule has 5 nitrogen and oxygen atoms in total. The minimum atomic E-state index is 0. The van der Waals surface area contributed by atoms with E-state index in [1.54, 1.807) is 0 Å². The van der Waals surface area contributed by atoms with Crippen molar-refractivity contribution in [3.8, 4) is 11.3 Å². The molecule has 0 unspecified atom stereocenters. The Kier molecular flexibility index (Phi) is 2.76. The first-order valence-corrected chi connectivity index (χ1v) is 3.93. The van der Waals surface area contributed by atoms with Crippen LogP contribution in [0.2, 0.25) is 0 Å². The van der Waals surface area contributed by atoms with Crippen LogP contribution in [0.3, 0.4) is 0 Å². The Bertz CT molecular complexity index is 430. The van der Waals surface area contributed by atoms with Gasteiger partial charge in [0, 0.05) is 0 Å². The van der Waals surface area contributed by atoms with Crippen LogP contribution in [0.1, 0.15) is 0 Å². The molecule has 1 aromatic carbocycles. The quantitative estimate of drug-likeness (QED) is 0.559. The van der Waals surface area contributed by atoms with Crippen molar-refractivity contribution in [2.75, 3.05) is 5.32 Å². The number of nitrogens with zero attached hydrogens (tertiary/aromatic N) is 2. The Labute approximate surface area is 79.7 Å². The minimum absolute atomic E-state index is 0. The molecule has 1 amide bonds. The molecule has 0 spiro atoms. The third-order valence-electron chi connectivity index (χ3n) is 1.71. The van der Waals surface area contributed by atoms with Crippen molar-refractivity contribution in [2.45, 2.75) is 0 Å². The van der Waals surface area contributed by atoms with E-state index >= 15 is 0 Å². The topological polar surface area (TPSA) is 68.0 Å². The van der Waals surface area contributed by atoms with Crippen LogP contribution >= 0.6 is 0 Å². The van der Waals surface area contributed by atoms with Crippen molar-refractivity contribution in [2.24, 2.45) is 0 Å². The van der Waals surface area contributed by atoms with Crippen LogP contribution < -0.4 is 5.32 Å². The van der Waals surface area contributed by atoms with E-state index in [-0.39, 0.29) is 5.82 Å². The molecule has 1 N–H and O–H groups in total. The van der Waals surface area contributed by atoms with Gasteiger partial charge in [0.25, 0.3) is 0 Å². The van der Waals surface area contributed by atoms with Crippen molar-refractivity contribution in [3.63, 3.8) is 0 Å². The van der Waals surface area contributed by atoms with E-state index in [4.69, 9.17) is 0 Å². The van der Waals surface area contributed by atoms with Crippen molar-refractivity contribution in [1.29, 1.82) is 0 Å². The fourth-order valence-corrected chi connectivity index (χ4v) is 1.10. The molecule has 0 atom stereocenters. The number of hydrogen-bond donors (Lipinski definition) is 1. The first-order chi connectivity index (χ1) is 6.92. The summed E-state index contributed by atoms with van der Waals surface area (Å²) in [5, 5.41) is 9.48. The van der Waals surface area contributed by atoms with Crippen LogP contribution in [-0.2, 0) is 4.79 Å². The largest absolute Gasteiger partial charge is 0.471 e. The number of aromatic nitrogens is 2. The molecule has 0 bridgehead atoms. The number of rotatable bonds is 3. The smallest absolute Gasteiger partial charge is 0.0765 e. The number of nitrogens with one attached hydrogen (secondary N) is 1. The maximum absolute atomic E-state index is 10.1. The summed E-state index contributed by atoms with van der Waals surface area (Å²) in [4.78, 5) is 10.1. The molecule has 1 aromatic heterocycles. The van der Waals surface area contributed by atoms with Crippen molar-refractivity contribution in [1.82, 2.24) is 10.3 Å². The predicted molar refractivity (Wildman–Crippen MR) is 49.1 cm³/mol. The van der Waals surface area contributed by atoms with E-state index in [9.17, 15) is 4.79 Å². The zero-order valence-corrected chi connectivity index (χ0v) is 14.2. The van der Waals surface area contributed by atoms with E-state index in [0.29, 0.717) is 5.69 Å². The summed E-state index contributed by atoms with van der Waals surface area (Å²) in [5.41, 5.74) is 1.32. The Morgan fingerprint density at radius 3 is 2.60 bits per heavy atom. The third kappa shape index (κ3) is 1.77.